The van der Waals surface area contributed by atoms with E-state index in [2.05, 4.69) is 144 Å². The van der Waals surface area contributed by atoms with Gasteiger partial charge < -0.3 is 0 Å². The maximum atomic E-state index is 5.93. The Kier molecular flexibility index (Phi) is 7.83. The average molecular weight is 511 g/mol. The summed E-state index contributed by atoms with van der Waals surface area (Å²) < 4.78 is 5.93. The Morgan fingerprint density at radius 3 is 1.53 bits per heavy atom. The Morgan fingerprint density at radius 2 is 1.08 bits per heavy atom. The summed E-state index contributed by atoms with van der Waals surface area (Å²) >= 11 is 0. The van der Waals surface area contributed by atoms with Gasteiger partial charge in [-0.1, -0.05) is 132 Å². The molecule has 4 heteroatoms. The first-order chi connectivity index (χ1) is 17.1. The number of pyridine rings is 1. The summed E-state index contributed by atoms with van der Waals surface area (Å²) in [4.78, 5) is 5.43. The van der Waals surface area contributed by atoms with Crippen molar-refractivity contribution in [1.82, 2.24) is 4.98 Å². The van der Waals surface area contributed by atoms with Crippen LogP contribution in [-0.2, 0) is 0 Å². The van der Waals surface area contributed by atoms with Crippen LogP contribution in [0.15, 0.2) is 102 Å². The number of hydrogen-bond donors (Lipinski definition) is 0. The summed E-state index contributed by atoms with van der Waals surface area (Å²) in [6.07, 6.45) is 0. The van der Waals surface area contributed by atoms with E-state index in [0.29, 0.717) is 11.8 Å². The first kappa shape index (κ1) is 26.3. The number of hydrogen-bond acceptors (Lipinski definition) is 2. The molecule has 0 radical (unpaired) electrons. The topological polar surface area (TPSA) is 25.2 Å². The van der Waals surface area contributed by atoms with Crippen molar-refractivity contribution < 1.29 is 0 Å². The minimum absolute atomic E-state index is 0.372. The van der Waals surface area contributed by atoms with Crippen LogP contribution in [0.5, 0.6) is 0 Å². The number of benzene rings is 3. The van der Waals surface area contributed by atoms with Crippen molar-refractivity contribution in [1.29, 1.82) is 0 Å². The monoisotopic (exact) mass is 510 g/mol. The fourth-order valence-electron chi connectivity index (χ4n) is 4.67. The third-order valence-corrected chi connectivity index (χ3v) is 12.0. The molecule has 1 heterocycles. The average Bonchev–Trinajstić information content (AvgIpc) is 2.87. The first-order valence-corrected chi connectivity index (χ1v) is 18.2. The molecule has 3 aromatic carbocycles. The maximum Gasteiger partial charge on any atom is 0.101 e. The van der Waals surface area contributed by atoms with Gasteiger partial charge >= 0.3 is 0 Å². The molecule has 0 saturated carbocycles. The van der Waals surface area contributed by atoms with Crippen LogP contribution >= 0.6 is 7.05 Å². The number of rotatable bonds is 7. The normalized spacial score (nSPS) is 12.2. The van der Waals surface area contributed by atoms with E-state index in [-0.39, 0.29) is 0 Å². The Hall–Kier alpha value is -2.74. The lowest BCUT2D eigenvalue weighted by Crippen LogP contribution is -2.43. The molecule has 0 spiro atoms. The van der Waals surface area contributed by atoms with Crippen molar-refractivity contribution in [3.05, 3.63) is 108 Å². The Bertz CT molecular complexity index is 1300. The van der Waals surface area contributed by atoms with Crippen molar-refractivity contribution in [3.63, 3.8) is 0 Å². The van der Waals surface area contributed by atoms with E-state index < -0.39 is 15.1 Å². The van der Waals surface area contributed by atoms with E-state index >= 15 is 0 Å². The van der Waals surface area contributed by atoms with Gasteiger partial charge in [0.25, 0.3) is 0 Å². The zero-order chi connectivity index (χ0) is 25.9. The van der Waals surface area contributed by atoms with Gasteiger partial charge in [0.1, 0.15) is 8.07 Å². The van der Waals surface area contributed by atoms with Crippen molar-refractivity contribution >= 4 is 42.2 Å². The number of nitrogens with zero attached hydrogens (tertiary/aromatic N) is 2. The molecule has 1 aromatic heterocycles. The highest BCUT2D eigenvalue weighted by Gasteiger charge is 2.31. The molecule has 0 saturated heterocycles. The lowest BCUT2D eigenvalue weighted by atomic mass is 9.93. The van der Waals surface area contributed by atoms with E-state index in [4.69, 9.17) is 9.73 Å². The zero-order valence-electron chi connectivity index (χ0n) is 22.7. The molecule has 2 nitrogen and oxygen atoms in total. The fourth-order valence-corrected chi connectivity index (χ4v) is 9.27. The molecule has 0 unspecified atom stereocenters. The molecule has 0 atom stereocenters. The third-order valence-electron chi connectivity index (χ3n) is 6.69. The maximum absolute atomic E-state index is 5.93. The van der Waals surface area contributed by atoms with E-state index in [1.54, 1.807) is 0 Å². The second kappa shape index (κ2) is 10.7. The Balaban J connectivity index is 2.24. The molecule has 4 rings (SSSR count). The van der Waals surface area contributed by atoms with Crippen LogP contribution < -0.4 is 21.4 Å². The predicted octanol–water partition coefficient (Wildman–Crippen LogP) is 7.68. The van der Waals surface area contributed by atoms with Gasteiger partial charge in [-0.15, -0.1) is 0 Å². The Morgan fingerprint density at radius 1 is 0.611 bits per heavy atom. The molecule has 0 aliphatic heterocycles. The van der Waals surface area contributed by atoms with E-state index in [0.717, 1.165) is 11.1 Å². The second-order valence-corrected chi connectivity index (χ2v) is 19.1. The molecule has 0 bridgehead atoms. The molecule has 36 heavy (non-hydrogen) atoms. The molecular weight excluding hydrogens is 471 g/mol. The first-order valence-electron chi connectivity index (χ1n) is 13.0. The highest BCUT2D eigenvalue weighted by atomic mass is 31.2. The van der Waals surface area contributed by atoms with Crippen LogP contribution in [0, 0.1) is 0 Å². The van der Waals surface area contributed by atoms with Gasteiger partial charge in [-0.3, -0.25) is 9.73 Å². The van der Waals surface area contributed by atoms with Gasteiger partial charge in [0.05, 0.1) is 18.2 Å². The minimum atomic E-state index is -2.47. The summed E-state index contributed by atoms with van der Waals surface area (Å²) in [5, 5.41) is 3.71. The summed E-state index contributed by atoms with van der Waals surface area (Å²) in [6, 6.07) is 35.1. The smallest absolute Gasteiger partial charge is 0.101 e. The summed E-state index contributed by atoms with van der Waals surface area (Å²) in [6.45, 7) is 16.2. The minimum Gasteiger partial charge on any atom is -0.256 e. The molecule has 0 aliphatic rings. The van der Waals surface area contributed by atoms with Crippen LogP contribution in [0.2, 0.25) is 19.6 Å². The standard InChI is InChI=1S/C32H39N2PSi/c1-24(2)28-20-14-21-29(25(3)4)32(28)34-35(26-16-10-8-11-17-26,27-18-12-9-13-19-27)30-22-15-23-31(33-30)36(5,6)7/h8-25H,1-7H3. The molecule has 0 fully saturated rings. The van der Waals surface area contributed by atoms with E-state index in [9.17, 15) is 0 Å². The van der Waals surface area contributed by atoms with Crippen LogP contribution in [0.25, 0.3) is 0 Å². The van der Waals surface area contributed by atoms with Crippen LogP contribution in [0.1, 0.15) is 50.7 Å². The lowest BCUT2D eigenvalue weighted by molar-refractivity contribution is 0.835. The third kappa shape index (κ3) is 5.19. The van der Waals surface area contributed by atoms with Crippen molar-refractivity contribution in [2.24, 2.45) is 4.74 Å². The summed E-state index contributed by atoms with van der Waals surface area (Å²) in [7, 11) is -4.10. The quantitative estimate of drug-likeness (QED) is 0.185. The predicted molar refractivity (Wildman–Crippen MR) is 163 cm³/mol. The molecule has 186 valence electrons. The van der Waals surface area contributed by atoms with Gasteiger partial charge in [0.15, 0.2) is 0 Å². The SMILES string of the molecule is CC(C)c1cccc(C(C)C)c1N=P(c1ccccc1)(c1ccccc1)c1cccc([Si](C)(C)C)n1. The highest BCUT2D eigenvalue weighted by molar-refractivity contribution is 7.87. The van der Waals surface area contributed by atoms with Crippen molar-refractivity contribution in [2.45, 2.75) is 59.2 Å². The van der Waals surface area contributed by atoms with Gasteiger partial charge in [-0.05, 0) is 35.1 Å². The van der Waals surface area contributed by atoms with Gasteiger partial charge in [-0.25, -0.2) is 0 Å². The van der Waals surface area contributed by atoms with E-state index in [1.807, 2.05) is 0 Å². The van der Waals surface area contributed by atoms with Crippen LogP contribution in [0.4, 0.5) is 5.69 Å². The van der Waals surface area contributed by atoms with Crippen LogP contribution in [-0.4, -0.2) is 13.1 Å². The molecule has 0 N–H and O–H groups in total. The molecule has 0 amide bonds. The summed E-state index contributed by atoms with van der Waals surface area (Å²) in [5.74, 6) is 0.745. The molecular formula is C32H39N2PSi. The second-order valence-electron chi connectivity index (χ2n) is 11.1. The molecule has 0 aliphatic carbocycles. The van der Waals surface area contributed by atoms with Crippen molar-refractivity contribution in [2.75, 3.05) is 0 Å². The fraction of sp³-hybridized carbons (Fsp3) is 0.281. The molecule has 4 aromatic rings. The zero-order valence-corrected chi connectivity index (χ0v) is 24.6. The van der Waals surface area contributed by atoms with E-state index in [1.165, 1.54) is 27.1 Å². The highest BCUT2D eigenvalue weighted by Crippen LogP contribution is 2.51. The lowest BCUT2D eigenvalue weighted by Gasteiger charge is -2.29. The largest absolute Gasteiger partial charge is 0.256 e. The van der Waals surface area contributed by atoms with Crippen LogP contribution in [0.3, 0.4) is 0 Å². The van der Waals surface area contributed by atoms with Gasteiger partial charge in [0, 0.05) is 15.9 Å². The number of aromatic nitrogens is 1. The van der Waals surface area contributed by atoms with Crippen molar-refractivity contribution in [3.8, 4) is 0 Å². The summed E-state index contributed by atoms with van der Waals surface area (Å²) in [5.41, 5.74) is 4.84. The van der Waals surface area contributed by atoms with Gasteiger partial charge in [-0.2, -0.15) is 0 Å². The Labute approximate surface area is 218 Å². The van der Waals surface area contributed by atoms with Gasteiger partial charge in [0.2, 0.25) is 0 Å².